The van der Waals surface area contributed by atoms with E-state index in [0.717, 1.165) is 0 Å². The van der Waals surface area contributed by atoms with E-state index in [1.807, 2.05) is 0 Å². The third-order valence-corrected chi connectivity index (χ3v) is 5.49. The molecule has 0 aromatic heterocycles. The van der Waals surface area contributed by atoms with E-state index in [-0.39, 0.29) is 12.0 Å². The smallest absolute Gasteiger partial charge is 0.245 e. The maximum Gasteiger partial charge on any atom is 0.245 e. The molecule has 19 heavy (non-hydrogen) atoms. The van der Waals surface area contributed by atoms with Gasteiger partial charge in [0.2, 0.25) is 11.2 Å². The number of halogens is 3. The summed E-state index contributed by atoms with van der Waals surface area (Å²) < 4.78 is 46.3. The van der Waals surface area contributed by atoms with Crippen LogP contribution in [0.25, 0.3) is 0 Å². The second-order valence-corrected chi connectivity index (χ2v) is 7.65. The monoisotopic (exact) mass is 298 g/mol. The Morgan fingerprint density at radius 3 is 1.84 bits per heavy atom. The fraction of sp³-hybridized carbons (Fsp3) is 1.00. The van der Waals surface area contributed by atoms with Gasteiger partial charge in [0, 0.05) is 6.61 Å². The molecule has 0 aromatic carbocycles. The molecule has 0 fully saturated rings. The molecule has 0 saturated carbocycles. The molecule has 114 valence electrons. The van der Waals surface area contributed by atoms with Crippen LogP contribution >= 0.6 is 9.24 Å². The Morgan fingerprint density at radius 2 is 1.53 bits per heavy atom. The van der Waals surface area contributed by atoms with E-state index in [1.165, 1.54) is 13.8 Å². The van der Waals surface area contributed by atoms with Crippen molar-refractivity contribution in [3.05, 3.63) is 0 Å². The third kappa shape index (κ3) is 4.63. The average molecular weight is 298 g/mol. The van der Waals surface area contributed by atoms with Crippen LogP contribution in [0.3, 0.4) is 0 Å². The van der Waals surface area contributed by atoms with E-state index < -0.39 is 16.8 Å². The first-order valence-corrected chi connectivity index (χ1v) is 7.22. The number of rotatable bonds is 7. The molecule has 0 aromatic rings. The molecule has 0 spiro atoms. The minimum absolute atomic E-state index is 0.0324. The molecule has 0 radical (unpaired) electrons. The highest BCUT2D eigenvalue weighted by atomic mass is 31.0. The van der Waals surface area contributed by atoms with Gasteiger partial charge in [-0.15, -0.1) is 0 Å². The van der Waals surface area contributed by atoms with Gasteiger partial charge >= 0.3 is 0 Å². The van der Waals surface area contributed by atoms with Crippen molar-refractivity contribution in [1.82, 2.24) is 0 Å². The highest BCUT2D eigenvalue weighted by molar-refractivity contribution is 7.19. The molecule has 0 bridgehead atoms. The predicted octanol–water partition coefficient (Wildman–Crippen LogP) is 3.62. The molecule has 0 N–H and O–H groups in total. The van der Waals surface area contributed by atoms with Crippen LogP contribution in [0.1, 0.15) is 48.0 Å². The second-order valence-electron chi connectivity index (χ2n) is 6.85. The summed E-state index contributed by atoms with van der Waals surface area (Å²) in [6, 6.07) is 0. The van der Waals surface area contributed by atoms with Gasteiger partial charge in [-0.2, -0.15) is 0 Å². The molecule has 1 nitrogen and oxygen atoms in total. The lowest BCUT2D eigenvalue weighted by atomic mass is 9.78. The molecule has 0 saturated heterocycles. The van der Waals surface area contributed by atoms with Gasteiger partial charge < -0.3 is 4.74 Å². The maximum atomic E-state index is 14.2. The van der Waals surface area contributed by atoms with Crippen LogP contribution in [0.15, 0.2) is 0 Å². The summed E-state index contributed by atoms with van der Waals surface area (Å²) >= 11 is 0. The van der Waals surface area contributed by atoms with Crippen molar-refractivity contribution in [1.29, 1.82) is 0 Å². The zero-order valence-corrected chi connectivity index (χ0v) is 14.3. The van der Waals surface area contributed by atoms with E-state index in [9.17, 15) is 13.2 Å². The predicted molar refractivity (Wildman–Crippen MR) is 80.3 cm³/mol. The van der Waals surface area contributed by atoms with Crippen LogP contribution < -0.4 is 0 Å². The maximum absolute atomic E-state index is 14.2. The lowest BCUT2D eigenvalue weighted by Gasteiger charge is -2.42. The lowest BCUT2D eigenvalue weighted by Crippen LogP contribution is -2.56. The normalized spacial score (nSPS) is 17.6. The SMILES string of the molecule is BC(F)(F)C(F)(P)C(C)(C)OCCC(C)(C)C(C)C. The van der Waals surface area contributed by atoms with Crippen molar-refractivity contribution in [3.63, 3.8) is 0 Å². The van der Waals surface area contributed by atoms with E-state index in [2.05, 4.69) is 27.7 Å². The Bertz CT molecular complexity index is 299. The molecule has 0 amide bonds. The fourth-order valence-electron chi connectivity index (χ4n) is 1.49. The van der Waals surface area contributed by atoms with Gasteiger partial charge in [-0.1, -0.05) is 36.9 Å². The number of alkyl halides is 3. The lowest BCUT2D eigenvalue weighted by molar-refractivity contribution is -0.157. The molecule has 0 aliphatic carbocycles. The van der Waals surface area contributed by atoms with Crippen molar-refractivity contribution in [3.8, 4) is 0 Å². The Labute approximate surface area is 118 Å². The molecule has 2 atom stereocenters. The summed E-state index contributed by atoms with van der Waals surface area (Å²) in [5.41, 5.74) is -1.53. The summed E-state index contributed by atoms with van der Waals surface area (Å²) in [7, 11) is 2.18. The van der Waals surface area contributed by atoms with Gasteiger partial charge in [-0.05, 0) is 31.6 Å². The molecule has 0 aliphatic heterocycles. The quantitative estimate of drug-likeness (QED) is 0.515. The van der Waals surface area contributed by atoms with Crippen LogP contribution in [-0.4, -0.2) is 31.3 Å². The van der Waals surface area contributed by atoms with Gasteiger partial charge in [0.25, 0.3) is 0 Å². The highest BCUT2D eigenvalue weighted by Gasteiger charge is 2.57. The first-order valence-electron chi connectivity index (χ1n) is 6.65. The van der Waals surface area contributed by atoms with Crippen LogP contribution in [0.2, 0.25) is 0 Å². The zero-order valence-electron chi connectivity index (χ0n) is 13.1. The van der Waals surface area contributed by atoms with E-state index in [4.69, 9.17) is 4.74 Å². The Hall–Kier alpha value is 0.245. The van der Waals surface area contributed by atoms with Gasteiger partial charge in [0.15, 0.2) is 7.85 Å². The Kier molecular flexibility index (Phi) is 6.01. The molecule has 0 rings (SSSR count). The second kappa shape index (κ2) is 5.93. The molecule has 0 aliphatic rings. The minimum atomic E-state index is -3.48. The molecule has 2 unspecified atom stereocenters. The van der Waals surface area contributed by atoms with Crippen LogP contribution in [0.4, 0.5) is 13.2 Å². The molecular formula is C13H27BF3OP. The van der Waals surface area contributed by atoms with E-state index in [0.29, 0.717) is 20.2 Å². The third-order valence-electron chi connectivity index (χ3n) is 4.29. The topological polar surface area (TPSA) is 9.23 Å². The first kappa shape index (κ1) is 19.2. The number of ether oxygens (including phenoxy) is 1. The number of hydrogen-bond acceptors (Lipinski definition) is 1. The minimum Gasteiger partial charge on any atom is -0.372 e. The van der Waals surface area contributed by atoms with Crippen LogP contribution in [-0.2, 0) is 4.74 Å². The Morgan fingerprint density at radius 1 is 1.11 bits per heavy atom. The van der Waals surface area contributed by atoms with Gasteiger partial charge in [-0.25, -0.2) is 13.2 Å². The first-order chi connectivity index (χ1) is 8.15. The van der Waals surface area contributed by atoms with Crippen molar-refractivity contribution < 1.29 is 17.9 Å². The van der Waals surface area contributed by atoms with Gasteiger partial charge in [0.1, 0.15) is 5.60 Å². The highest BCUT2D eigenvalue weighted by Crippen LogP contribution is 2.46. The summed E-state index contributed by atoms with van der Waals surface area (Å²) in [5, 5.41) is -2.79. The summed E-state index contributed by atoms with van der Waals surface area (Å²) in [6.45, 7) is 11.4. The molecule has 0 heterocycles. The summed E-state index contributed by atoms with van der Waals surface area (Å²) in [5.74, 6) is -3.03. The van der Waals surface area contributed by atoms with Crippen LogP contribution in [0, 0.1) is 11.3 Å². The fourth-order valence-corrected chi connectivity index (χ4v) is 1.57. The largest absolute Gasteiger partial charge is 0.372 e. The standard InChI is InChI=1S/C13H27BF3OP/c1-9(2)10(3,4)7-8-18-11(5,6)12(15,19)13(14,16)17/h9H,7-8,14,19H2,1-6H3. The zero-order chi connectivity index (χ0) is 15.7. The molecular weight excluding hydrogens is 271 g/mol. The van der Waals surface area contributed by atoms with Crippen molar-refractivity contribution >= 4 is 17.1 Å². The van der Waals surface area contributed by atoms with Crippen LogP contribution in [0.5, 0.6) is 0 Å². The van der Waals surface area contributed by atoms with E-state index in [1.54, 1.807) is 9.24 Å². The average Bonchev–Trinajstić information content (AvgIpc) is 2.14. The van der Waals surface area contributed by atoms with Gasteiger partial charge in [-0.3, -0.25) is 0 Å². The summed E-state index contributed by atoms with van der Waals surface area (Å²) in [4.78, 5) is 0. The van der Waals surface area contributed by atoms with Crippen molar-refractivity contribution in [2.45, 2.75) is 64.8 Å². The van der Waals surface area contributed by atoms with Gasteiger partial charge in [0.05, 0.1) is 0 Å². The Balaban J connectivity index is 4.65. The van der Waals surface area contributed by atoms with Crippen molar-refractivity contribution in [2.24, 2.45) is 11.3 Å². The van der Waals surface area contributed by atoms with Crippen molar-refractivity contribution in [2.75, 3.05) is 6.61 Å². The van der Waals surface area contributed by atoms with E-state index >= 15 is 0 Å². The molecule has 6 heteroatoms. The number of hydrogen-bond donors (Lipinski definition) is 0. The summed E-state index contributed by atoms with van der Waals surface area (Å²) in [6.07, 6.45) is 0.699.